The minimum Gasteiger partial charge on any atom is -0.356 e. The highest BCUT2D eigenvalue weighted by Crippen LogP contribution is 2.13. The van der Waals surface area contributed by atoms with Gasteiger partial charge in [0.15, 0.2) is 5.96 Å². The smallest absolute Gasteiger partial charge is 0.193 e. The van der Waals surface area contributed by atoms with Gasteiger partial charge in [0.05, 0.1) is 0 Å². The molecule has 0 radical (unpaired) electrons. The Bertz CT molecular complexity index is 365. The highest BCUT2D eigenvalue weighted by Gasteiger charge is 2.08. The first-order chi connectivity index (χ1) is 9.17. The zero-order chi connectivity index (χ0) is 14.1. The fourth-order valence-electron chi connectivity index (χ4n) is 2.00. The van der Waals surface area contributed by atoms with Crippen molar-refractivity contribution >= 4 is 41.3 Å². The molecule has 1 heterocycles. The first-order valence-corrected chi connectivity index (χ1v) is 7.99. The maximum absolute atomic E-state index is 4.34. The Morgan fingerprint density at radius 3 is 2.80 bits per heavy atom. The lowest BCUT2D eigenvalue weighted by molar-refractivity contribution is 0.453. The number of thiophene rings is 1. The average molecular weight is 409 g/mol. The molecule has 0 saturated carbocycles. The highest BCUT2D eigenvalue weighted by atomic mass is 127. The molecule has 1 aromatic heterocycles. The van der Waals surface area contributed by atoms with Crippen LogP contribution in [0.25, 0.3) is 0 Å². The number of rotatable bonds is 7. The van der Waals surface area contributed by atoms with Crippen LogP contribution in [0, 0.1) is 5.92 Å². The molecule has 116 valence electrons. The van der Waals surface area contributed by atoms with E-state index >= 15 is 0 Å². The van der Waals surface area contributed by atoms with Gasteiger partial charge in [-0.05, 0) is 30.2 Å². The summed E-state index contributed by atoms with van der Waals surface area (Å²) in [6, 6.07) is 4.33. The second-order valence-corrected chi connectivity index (χ2v) is 6.12. The van der Waals surface area contributed by atoms with Crippen LogP contribution in [0.3, 0.4) is 0 Å². The normalized spacial score (nSPS) is 12.7. The van der Waals surface area contributed by atoms with E-state index in [0.29, 0.717) is 5.92 Å². The van der Waals surface area contributed by atoms with E-state index in [1.165, 1.54) is 17.7 Å². The predicted molar refractivity (Wildman–Crippen MR) is 102 cm³/mol. The molecule has 1 N–H and O–H groups in total. The van der Waals surface area contributed by atoms with Gasteiger partial charge in [-0.15, -0.1) is 35.3 Å². The van der Waals surface area contributed by atoms with Gasteiger partial charge in [0, 0.05) is 32.1 Å². The Morgan fingerprint density at radius 1 is 1.50 bits per heavy atom. The van der Waals surface area contributed by atoms with E-state index < -0.39 is 0 Å². The summed E-state index contributed by atoms with van der Waals surface area (Å²) < 4.78 is 0. The van der Waals surface area contributed by atoms with Crippen LogP contribution in [0.15, 0.2) is 22.5 Å². The van der Waals surface area contributed by atoms with Crippen molar-refractivity contribution in [2.24, 2.45) is 10.9 Å². The van der Waals surface area contributed by atoms with Crippen LogP contribution in [0.1, 0.15) is 31.6 Å². The molecule has 1 unspecified atom stereocenters. The molecular formula is C15H28IN3S. The average Bonchev–Trinajstić information content (AvgIpc) is 2.89. The number of nitrogens with one attached hydrogen (secondary N) is 1. The van der Waals surface area contributed by atoms with Gasteiger partial charge < -0.3 is 10.2 Å². The van der Waals surface area contributed by atoms with Crippen LogP contribution in [0.5, 0.6) is 0 Å². The van der Waals surface area contributed by atoms with Crippen molar-refractivity contribution in [1.82, 2.24) is 10.2 Å². The Hall–Kier alpha value is -0.300. The second kappa shape index (κ2) is 11.4. The molecule has 1 atom stereocenters. The fraction of sp³-hybridized carbons (Fsp3) is 0.667. The molecule has 0 aliphatic rings. The SMILES string of the molecule is CCCCN(C)C(=NC)NCC(C)Cc1cccs1.I. The second-order valence-electron chi connectivity index (χ2n) is 5.09. The summed E-state index contributed by atoms with van der Waals surface area (Å²) in [5.74, 6) is 1.63. The molecule has 0 fully saturated rings. The van der Waals surface area contributed by atoms with Crippen molar-refractivity contribution in [2.45, 2.75) is 33.1 Å². The minimum atomic E-state index is 0. The van der Waals surface area contributed by atoms with Crippen LogP contribution in [-0.2, 0) is 6.42 Å². The number of nitrogens with zero attached hydrogens (tertiary/aromatic N) is 2. The van der Waals surface area contributed by atoms with E-state index in [-0.39, 0.29) is 24.0 Å². The molecule has 1 rings (SSSR count). The molecule has 0 aliphatic heterocycles. The Balaban J connectivity index is 0.00000361. The Kier molecular flexibility index (Phi) is 11.2. The van der Waals surface area contributed by atoms with Crippen molar-refractivity contribution in [3.8, 4) is 0 Å². The zero-order valence-corrected chi connectivity index (χ0v) is 16.2. The van der Waals surface area contributed by atoms with E-state index in [1.54, 1.807) is 0 Å². The summed E-state index contributed by atoms with van der Waals surface area (Å²) in [6.07, 6.45) is 3.57. The Morgan fingerprint density at radius 2 is 2.25 bits per heavy atom. The number of guanidine groups is 1. The highest BCUT2D eigenvalue weighted by molar-refractivity contribution is 14.0. The van der Waals surface area contributed by atoms with Crippen LogP contribution in [0.4, 0.5) is 0 Å². The summed E-state index contributed by atoms with van der Waals surface area (Å²) in [5, 5.41) is 5.62. The molecule has 3 nitrogen and oxygen atoms in total. The first kappa shape index (κ1) is 19.7. The molecule has 0 amide bonds. The molecule has 0 saturated heterocycles. The van der Waals surface area contributed by atoms with Crippen LogP contribution in [0.2, 0.25) is 0 Å². The number of unbranched alkanes of at least 4 members (excludes halogenated alkanes) is 1. The third-order valence-electron chi connectivity index (χ3n) is 3.16. The maximum Gasteiger partial charge on any atom is 0.193 e. The van der Waals surface area contributed by atoms with Gasteiger partial charge in [-0.1, -0.05) is 26.3 Å². The lowest BCUT2D eigenvalue weighted by atomic mass is 10.1. The van der Waals surface area contributed by atoms with Gasteiger partial charge in [0.2, 0.25) is 0 Å². The van der Waals surface area contributed by atoms with Gasteiger partial charge in [-0.3, -0.25) is 4.99 Å². The number of aliphatic imine (C=N–C) groups is 1. The number of hydrogen-bond acceptors (Lipinski definition) is 2. The van der Waals surface area contributed by atoms with Crippen molar-refractivity contribution in [2.75, 3.05) is 27.2 Å². The van der Waals surface area contributed by atoms with E-state index in [9.17, 15) is 0 Å². The van der Waals surface area contributed by atoms with Crippen molar-refractivity contribution in [1.29, 1.82) is 0 Å². The van der Waals surface area contributed by atoms with Gasteiger partial charge in [-0.2, -0.15) is 0 Å². The van der Waals surface area contributed by atoms with Crippen molar-refractivity contribution < 1.29 is 0 Å². The summed E-state index contributed by atoms with van der Waals surface area (Å²) in [5.41, 5.74) is 0. The van der Waals surface area contributed by atoms with Gasteiger partial charge >= 0.3 is 0 Å². The van der Waals surface area contributed by atoms with Crippen LogP contribution in [-0.4, -0.2) is 38.0 Å². The fourth-order valence-corrected chi connectivity index (χ4v) is 2.87. The van der Waals surface area contributed by atoms with Gasteiger partial charge in [0.1, 0.15) is 0 Å². The monoisotopic (exact) mass is 409 g/mol. The minimum absolute atomic E-state index is 0. The van der Waals surface area contributed by atoms with E-state index in [0.717, 1.165) is 25.5 Å². The largest absolute Gasteiger partial charge is 0.356 e. The first-order valence-electron chi connectivity index (χ1n) is 7.11. The lowest BCUT2D eigenvalue weighted by Crippen LogP contribution is -2.41. The molecule has 5 heteroatoms. The molecule has 0 aromatic carbocycles. The standard InChI is InChI=1S/C15H27N3S.HI/c1-5-6-9-18(4)15(16-3)17-12-13(2)11-14-8-7-10-19-14;/h7-8,10,13H,5-6,9,11-12H2,1-4H3,(H,16,17);1H. The molecule has 1 aromatic rings. The third kappa shape index (κ3) is 7.47. The van der Waals surface area contributed by atoms with E-state index in [1.807, 2.05) is 18.4 Å². The van der Waals surface area contributed by atoms with Crippen molar-refractivity contribution in [3.63, 3.8) is 0 Å². The lowest BCUT2D eigenvalue weighted by Gasteiger charge is -2.23. The third-order valence-corrected chi connectivity index (χ3v) is 4.06. The summed E-state index contributed by atoms with van der Waals surface area (Å²) >= 11 is 1.84. The number of halogens is 1. The summed E-state index contributed by atoms with van der Waals surface area (Å²) in [7, 11) is 3.96. The van der Waals surface area contributed by atoms with Crippen molar-refractivity contribution in [3.05, 3.63) is 22.4 Å². The summed E-state index contributed by atoms with van der Waals surface area (Å²) in [4.78, 5) is 8.02. The quantitative estimate of drug-likeness (QED) is 0.421. The molecule has 0 aliphatic carbocycles. The van der Waals surface area contributed by atoms with Crippen LogP contribution >= 0.6 is 35.3 Å². The van der Waals surface area contributed by atoms with Gasteiger partial charge in [-0.25, -0.2) is 0 Å². The van der Waals surface area contributed by atoms with E-state index in [2.05, 4.69) is 53.6 Å². The van der Waals surface area contributed by atoms with Crippen LogP contribution < -0.4 is 5.32 Å². The molecule has 20 heavy (non-hydrogen) atoms. The molecular weight excluding hydrogens is 381 g/mol. The zero-order valence-electron chi connectivity index (χ0n) is 13.1. The number of hydrogen-bond donors (Lipinski definition) is 1. The summed E-state index contributed by atoms with van der Waals surface area (Å²) in [6.45, 7) is 6.54. The van der Waals surface area contributed by atoms with Gasteiger partial charge in [0.25, 0.3) is 0 Å². The Labute approximate surface area is 144 Å². The van der Waals surface area contributed by atoms with E-state index in [4.69, 9.17) is 0 Å². The molecule has 0 spiro atoms. The topological polar surface area (TPSA) is 27.6 Å². The predicted octanol–water partition coefficient (Wildman–Crippen LogP) is 3.85. The maximum atomic E-state index is 4.34. The molecule has 0 bridgehead atoms.